The Morgan fingerprint density at radius 1 is 1.47 bits per heavy atom. The lowest BCUT2D eigenvalue weighted by Crippen LogP contribution is -2.33. The van der Waals surface area contributed by atoms with Crippen LogP contribution < -0.4 is 4.90 Å². The van der Waals surface area contributed by atoms with Crippen LogP contribution in [0.5, 0.6) is 0 Å². The van der Waals surface area contributed by atoms with Crippen LogP contribution in [0.4, 0.5) is 5.82 Å². The first kappa shape index (κ1) is 11.9. The fraction of sp³-hybridized carbons (Fsp3) is 0.545. The van der Waals surface area contributed by atoms with Gasteiger partial charge in [-0.1, -0.05) is 6.07 Å². The van der Waals surface area contributed by atoms with E-state index in [4.69, 9.17) is 5.11 Å². The normalized spacial score (nSPS) is 14.7. The quantitative estimate of drug-likeness (QED) is 0.777. The molecule has 1 aromatic heterocycles. The van der Waals surface area contributed by atoms with Crippen molar-refractivity contribution in [3.63, 3.8) is 0 Å². The van der Waals surface area contributed by atoms with E-state index in [9.17, 15) is 5.11 Å². The smallest absolute Gasteiger partial charge is 0.134 e. The van der Waals surface area contributed by atoms with Crippen molar-refractivity contribution in [1.82, 2.24) is 4.98 Å². The number of hydrogen-bond donors (Lipinski definition) is 2. The van der Waals surface area contributed by atoms with Crippen LogP contribution in [0.15, 0.2) is 18.3 Å². The molecule has 1 rings (SSSR count). The summed E-state index contributed by atoms with van der Waals surface area (Å²) < 4.78 is 0. The summed E-state index contributed by atoms with van der Waals surface area (Å²) >= 11 is 0. The Balaban J connectivity index is 3.02. The van der Waals surface area contributed by atoms with E-state index in [0.717, 1.165) is 5.56 Å². The Morgan fingerprint density at radius 2 is 2.13 bits per heavy atom. The molecule has 0 spiro atoms. The van der Waals surface area contributed by atoms with Gasteiger partial charge < -0.3 is 15.1 Å². The summed E-state index contributed by atoms with van der Waals surface area (Å²) in [5, 5.41) is 18.6. The summed E-state index contributed by atoms with van der Waals surface area (Å²) in [6, 6.07) is 3.62. The predicted molar refractivity (Wildman–Crippen MR) is 59.8 cm³/mol. The summed E-state index contributed by atoms with van der Waals surface area (Å²) in [7, 11) is 1.86. The second-order valence-electron chi connectivity index (χ2n) is 3.73. The van der Waals surface area contributed by atoms with E-state index in [1.54, 1.807) is 19.2 Å². The highest BCUT2D eigenvalue weighted by molar-refractivity contribution is 5.47. The van der Waals surface area contributed by atoms with E-state index in [-0.39, 0.29) is 12.6 Å². The first-order valence-electron chi connectivity index (χ1n) is 5.04. The van der Waals surface area contributed by atoms with Crippen LogP contribution in [-0.2, 0) is 0 Å². The Morgan fingerprint density at radius 3 is 2.67 bits per heavy atom. The van der Waals surface area contributed by atoms with Crippen molar-refractivity contribution in [3.8, 4) is 0 Å². The van der Waals surface area contributed by atoms with E-state index in [2.05, 4.69) is 4.98 Å². The molecule has 0 saturated heterocycles. The van der Waals surface area contributed by atoms with Crippen LogP contribution in [0.2, 0.25) is 0 Å². The van der Waals surface area contributed by atoms with E-state index in [1.165, 1.54) is 0 Å². The molecule has 2 N–H and O–H groups in total. The second kappa shape index (κ2) is 5.09. The summed E-state index contributed by atoms with van der Waals surface area (Å²) in [6.07, 6.45) is 1.13. The standard InChI is InChI=1S/C11H18N2O2/c1-8(7-14)13(3)11-10(9(2)15)5-4-6-12-11/h4-6,8-9,14-15H,7H2,1-3H3. The van der Waals surface area contributed by atoms with Crippen LogP contribution in [0.25, 0.3) is 0 Å². The number of likely N-dealkylation sites (N-methyl/N-ethyl adjacent to an activating group) is 1. The second-order valence-corrected chi connectivity index (χ2v) is 3.73. The van der Waals surface area contributed by atoms with Crippen molar-refractivity contribution in [1.29, 1.82) is 0 Å². The SMILES string of the molecule is CC(O)c1cccnc1N(C)C(C)CO. The van der Waals surface area contributed by atoms with Crippen molar-refractivity contribution >= 4 is 5.82 Å². The topological polar surface area (TPSA) is 56.6 Å². The first-order chi connectivity index (χ1) is 7.07. The highest BCUT2D eigenvalue weighted by Gasteiger charge is 2.16. The number of hydrogen-bond acceptors (Lipinski definition) is 4. The Kier molecular flexibility index (Phi) is 4.05. The van der Waals surface area contributed by atoms with Gasteiger partial charge in [0.2, 0.25) is 0 Å². The van der Waals surface area contributed by atoms with Gasteiger partial charge in [-0.2, -0.15) is 0 Å². The molecule has 0 aliphatic heterocycles. The molecule has 1 aromatic rings. The van der Waals surface area contributed by atoms with Crippen molar-refractivity contribution in [3.05, 3.63) is 23.9 Å². The average molecular weight is 210 g/mol. The number of rotatable bonds is 4. The molecule has 0 bridgehead atoms. The molecule has 4 nitrogen and oxygen atoms in total. The lowest BCUT2D eigenvalue weighted by atomic mass is 10.1. The zero-order valence-electron chi connectivity index (χ0n) is 9.38. The van der Waals surface area contributed by atoms with Gasteiger partial charge in [-0.3, -0.25) is 0 Å². The minimum absolute atomic E-state index is 0.0163. The fourth-order valence-corrected chi connectivity index (χ4v) is 1.36. The van der Waals surface area contributed by atoms with Gasteiger partial charge in [-0.15, -0.1) is 0 Å². The Labute approximate surface area is 90.2 Å². The van der Waals surface area contributed by atoms with Gasteiger partial charge in [0, 0.05) is 18.8 Å². The van der Waals surface area contributed by atoms with Crippen LogP contribution in [0, 0.1) is 0 Å². The van der Waals surface area contributed by atoms with Crippen molar-refractivity contribution in [2.45, 2.75) is 26.0 Å². The lowest BCUT2D eigenvalue weighted by Gasteiger charge is -2.26. The molecule has 84 valence electrons. The number of aliphatic hydroxyl groups is 2. The van der Waals surface area contributed by atoms with Gasteiger partial charge in [0.05, 0.1) is 18.8 Å². The molecule has 0 amide bonds. The van der Waals surface area contributed by atoms with Gasteiger partial charge in [0.1, 0.15) is 5.82 Å². The molecule has 0 aliphatic carbocycles. The molecule has 0 fully saturated rings. The molecule has 0 radical (unpaired) electrons. The third-order valence-corrected chi connectivity index (χ3v) is 2.53. The molecule has 2 atom stereocenters. The van der Waals surface area contributed by atoms with Gasteiger partial charge in [0.15, 0.2) is 0 Å². The van der Waals surface area contributed by atoms with Crippen molar-refractivity contribution in [2.75, 3.05) is 18.6 Å². The molecule has 15 heavy (non-hydrogen) atoms. The Bertz CT molecular complexity index is 315. The van der Waals surface area contributed by atoms with Crippen LogP contribution >= 0.6 is 0 Å². The number of nitrogens with zero attached hydrogens (tertiary/aromatic N) is 2. The number of aliphatic hydroxyl groups excluding tert-OH is 2. The molecular weight excluding hydrogens is 192 g/mol. The minimum Gasteiger partial charge on any atom is -0.394 e. The summed E-state index contributed by atoms with van der Waals surface area (Å²) in [6.45, 7) is 3.67. The van der Waals surface area contributed by atoms with Gasteiger partial charge in [-0.25, -0.2) is 4.98 Å². The third kappa shape index (κ3) is 2.67. The van der Waals surface area contributed by atoms with Crippen molar-refractivity contribution < 1.29 is 10.2 Å². The maximum absolute atomic E-state index is 9.58. The zero-order valence-corrected chi connectivity index (χ0v) is 9.38. The molecule has 0 aliphatic rings. The summed E-state index contributed by atoms with van der Waals surface area (Å²) in [5.41, 5.74) is 0.778. The highest BCUT2D eigenvalue weighted by Crippen LogP contribution is 2.23. The van der Waals surface area contributed by atoms with Gasteiger partial charge >= 0.3 is 0 Å². The van der Waals surface area contributed by atoms with E-state index < -0.39 is 6.10 Å². The van der Waals surface area contributed by atoms with Crippen LogP contribution in [0.1, 0.15) is 25.5 Å². The number of pyridine rings is 1. The zero-order chi connectivity index (χ0) is 11.4. The molecule has 0 saturated carbocycles. The van der Waals surface area contributed by atoms with Crippen molar-refractivity contribution in [2.24, 2.45) is 0 Å². The monoisotopic (exact) mass is 210 g/mol. The maximum Gasteiger partial charge on any atom is 0.134 e. The predicted octanol–water partition coefficient (Wildman–Crippen LogP) is 0.952. The molecule has 0 aromatic carbocycles. The van der Waals surface area contributed by atoms with Crippen LogP contribution in [0.3, 0.4) is 0 Å². The van der Waals surface area contributed by atoms with Gasteiger partial charge in [-0.05, 0) is 19.9 Å². The average Bonchev–Trinajstić information content (AvgIpc) is 2.27. The largest absolute Gasteiger partial charge is 0.394 e. The van der Waals surface area contributed by atoms with E-state index in [1.807, 2.05) is 24.9 Å². The van der Waals surface area contributed by atoms with E-state index >= 15 is 0 Å². The molecular formula is C11H18N2O2. The highest BCUT2D eigenvalue weighted by atomic mass is 16.3. The first-order valence-corrected chi connectivity index (χ1v) is 5.04. The summed E-state index contributed by atoms with van der Waals surface area (Å²) in [5.74, 6) is 0.717. The molecule has 1 heterocycles. The molecule has 2 unspecified atom stereocenters. The number of anilines is 1. The maximum atomic E-state index is 9.58. The molecule has 4 heteroatoms. The number of aromatic nitrogens is 1. The lowest BCUT2D eigenvalue weighted by molar-refractivity contribution is 0.198. The van der Waals surface area contributed by atoms with Gasteiger partial charge in [0.25, 0.3) is 0 Å². The minimum atomic E-state index is -0.554. The Hall–Kier alpha value is -1.13. The van der Waals surface area contributed by atoms with Crippen LogP contribution in [-0.4, -0.2) is 34.9 Å². The third-order valence-electron chi connectivity index (χ3n) is 2.53. The summed E-state index contributed by atoms with van der Waals surface area (Å²) in [4.78, 5) is 6.09. The van der Waals surface area contributed by atoms with E-state index in [0.29, 0.717) is 5.82 Å². The fourth-order valence-electron chi connectivity index (χ4n) is 1.36.